The van der Waals surface area contributed by atoms with Crippen LogP contribution in [0, 0.1) is 0 Å². The lowest BCUT2D eigenvalue weighted by Gasteiger charge is -2.17. The first-order valence-corrected chi connectivity index (χ1v) is 11.6. The molecule has 1 aliphatic heterocycles. The third-order valence-corrected chi connectivity index (χ3v) is 6.96. The van der Waals surface area contributed by atoms with Gasteiger partial charge >= 0.3 is 0 Å². The van der Waals surface area contributed by atoms with Crippen LogP contribution in [0.15, 0.2) is 60.7 Å². The monoisotopic (exact) mass is 462 g/mol. The van der Waals surface area contributed by atoms with Gasteiger partial charge in [-0.2, -0.15) is 4.98 Å². The Morgan fingerprint density at radius 2 is 1.82 bits per heavy atom. The van der Waals surface area contributed by atoms with Crippen molar-refractivity contribution in [1.29, 1.82) is 0 Å². The molecular formula is C25H22N2O5S. The molecule has 2 aromatic carbocycles. The standard InChI is InChI=1S/C25H22N2O5S/c1-30-24-13-11-20(25(26-24)31-2)17-4-3-5-19-18(17)10-12-21(19)32-16-8-6-15(7-9-16)22-14-23(28)27-33(22)29/h3-9,11,13-14,21H,10,12H2,1-2H3,(H,27,28)/t21-,33?/m1/s1. The lowest BCUT2D eigenvalue weighted by atomic mass is 9.97. The molecule has 0 spiro atoms. The van der Waals surface area contributed by atoms with E-state index in [0.717, 1.165) is 40.8 Å². The molecular weight excluding hydrogens is 440 g/mol. The molecule has 33 heavy (non-hydrogen) atoms. The van der Waals surface area contributed by atoms with Gasteiger partial charge in [-0.25, -0.2) is 4.21 Å². The van der Waals surface area contributed by atoms with Crippen molar-refractivity contribution in [2.75, 3.05) is 14.2 Å². The first-order chi connectivity index (χ1) is 16.1. The molecule has 8 heteroatoms. The van der Waals surface area contributed by atoms with E-state index >= 15 is 0 Å². The van der Waals surface area contributed by atoms with E-state index in [-0.39, 0.29) is 12.0 Å². The number of methoxy groups -OCH3 is 2. The maximum atomic E-state index is 12.0. The molecule has 0 saturated carbocycles. The van der Waals surface area contributed by atoms with Crippen molar-refractivity contribution in [3.8, 4) is 28.6 Å². The van der Waals surface area contributed by atoms with Crippen LogP contribution in [-0.4, -0.2) is 29.3 Å². The maximum Gasteiger partial charge on any atom is 0.257 e. The Bertz CT molecular complexity index is 1290. The van der Waals surface area contributed by atoms with E-state index in [1.54, 1.807) is 14.2 Å². The van der Waals surface area contributed by atoms with Gasteiger partial charge in [0.05, 0.1) is 19.1 Å². The van der Waals surface area contributed by atoms with Crippen molar-refractivity contribution in [2.24, 2.45) is 0 Å². The van der Waals surface area contributed by atoms with Gasteiger partial charge < -0.3 is 14.2 Å². The summed E-state index contributed by atoms with van der Waals surface area (Å²) < 4.78 is 31.4. The summed E-state index contributed by atoms with van der Waals surface area (Å²) in [6, 6.07) is 17.3. The molecule has 2 aliphatic rings. The second-order valence-electron chi connectivity index (χ2n) is 7.70. The number of carbonyl (C=O) groups excluding carboxylic acids is 1. The minimum atomic E-state index is -1.51. The Balaban J connectivity index is 1.40. The van der Waals surface area contributed by atoms with Gasteiger partial charge in [0.1, 0.15) is 11.9 Å². The van der Waals surface area contributed by atoms with E-state index in [2.05, 4.69) is 21.8 Å². The highest BCUT2D eigenvalue weighted by molar-refractivity contribution is 7.93. The van der Waals surface area contributed by atoms with E-state index in [4.69, 9.17) is 14.2 Å². The highest BCUT2D eigenvalue weighted by Gasteiger charge is 2.28. The topological polar surface area (TPSA) is 86.8 Å². The number of nitrogens with zero attached hydrogens (tertiary/aromatic N) is 1. The number of nitrogens with one attached hydrogen (secondary N) is 1. The number of aromatic nitrogens is 1. The predicted octanol–water partition coefficient (Wildman–Crippen LogP) is 3.97. The molecule has 7 nitrogen and oxygen atoms in total. The zero-order valence-corrected chi connectivity index (χ0v) is 19.0. The summed E-state index contributed by atoms with van der Waals surface area (Å²) in [6.45, 7) is 0. The fraction of sp³-hybridized carbons (Fsp3) is 0.200. The minimum Gasteiger partial charge on any atom is -0.486 e. The second kappa shape index (κ2) is 8.71. The second-order valence-corrected chi connectivity index (χ2v) is 8.88. The van der Waals surface area contributed by atoms with Crippen LogP contribution in [-0.2, 0) is 22.2 Å². The molecule has 1 amide bonds. The molecule has 0 fully saturated rings. The number of pyridine rings is 1. The number of hydrogen-bond donors (Lipinski definition) is 1. The van der Waals surface area contributed by atoms with Crippen molar-refractivity contribution < 1.29 is 23.2 Å². The molecule has 0 bridgehead atoms. The molecule has 168 valence electrons. The van der Waals surface area contributed by atoms with Crippen LogP contribution in [0.2, 0.25) is 0 Å². The van der Waals surface area contributed by atoms with E-state index in [0.29, 0.717) is 16.7 Å². The first kappa shape index (κ1) is 21.2. The molecule has 2 atom stereocenters. The Labute approximate surface area is 194 Å². The van der Waals surface area contributed by atoms with Gasteiger partial charge in [0, 0.05) is 17.7 Å². The molecule has 2 heterocycles. The van der Waals surface area contributed by atoms with E-state index in [1.807, 2.05) is 42.5 Å². The fourth-order valence-corrected chi connectivity index (χ4v) is 5.21. The summed E-state index contributed by atoms with van der Waals surface area (Å²) in [5, 5.41) is 0. The average molecular weight is 463 g/mol. The van der Waals surface area contributed by atoms with Crippen molar-refractivity contribution in [3.05, 3.63) is 77.4 Å². The van der Waals surface area contributed by atoms with Crippen molar-refractivity contribution in [1.82, 2.24) is 9.71 Å². The third-order valence-electron chi connectivity index (χ3n) is 5.82. The lowest BCUT2D eigenvalue weighted by Crippen LogP contribution is -2.16. The summed E-state index contributed by atoms with van der Waals surface area (Å²) in [6.07, 6.45) is 3.02. The normalized spacial score (nSPS) is 19.0. The van der Waals surface area contributed by atoms with Gasteiger partial charge in [-0.15, -0.1) is 0 Å². The number of hydrogen-bond acceptors (Lipinski definition) is 6. The van der Waals surface area contributed by atoms with E-state index < -0.39 is 11.0 Å². The number of benzene rings is 2. The number of ether oxygens (including phenoxy) is 3. The number of amides is 1. The van der Waals surface area contributed by atoms with Crippen LogP contribution >= 0.6 is 0 Å². The SMILES string of the molecule is COc1ccc(-c2cccc3c2CC[C@H]3Oc2ccc(C3=CC(=O)NS3=O)cc2)c(OC)n1. The molecule has 1 aliphatic carbocycles. The summed E-state index contributed by atoms with van der Waals surface area (Å²) in [5.74, 6) is 1.40. The van der Waals surface area contributed by atoms with E-state index in [1.165, 1.54) is 11.6 Å². The Morgan fingerprint density at radius 3 is 2.52 bits per heavy atom. The summed E-state index contributed by atoms with van der Waals surface area (Å²) >= 11 is 0. The van der Waals surface area contributed by atoms with Crippen molar-refractivity contribution in [2.45, 2.75) is 18.9 Å². The number of carbonyl (C=O) groups is 1. The van der Waals surface area contributed by atoms with Gasteiger partial charge in [0.15, 0.2) is 11.0 Å². The quantitative estimate of drug-likeness (QED) is 0.597. The van der Waals surface area contributed by atoms with Crippen LogP contribution < -0.4 is 18.9 Å². The maximum absolute atomic E-state index is 12.0. The molecule has 5 rings (SSSR count). The van der Waals surface area contributed by atoms with Crippen LogP contribution in [0.5, 0.6) is 17.5 Å². The van der Waals surface area contributed by atoms with Crippen LogP contribution in [0.3, 0.4) is 0 Å². The van der Waals surface area contributed by atoms with Crippen LogP contribution in [0.1, 0.15) is 29.2 Å². The summed E-state index contributed by atoms with van der Waals surface area (Å²) in [5.41, 5.74) is 5.09. The molecule has 1 unspecified atom stereocenters. The highest BCUT2D eigenvalue weighted by Crippen LogP contribution is 2.42. The first-order valence-electron chi connectivity index (χ1n) is 10.5. The molecule has 0 radical (unpaired) electrons. The van der Waals surface area contributed by atoms with Gasteiger partial charge in [0.25, 0.3) is 5.91 Å². The van der Waals surface area contributed by atoms with Gasteiger partial charge in [-0.3, -0.25) is 9.52 Å². The lowest BCUT2D eigenvalue weighted by molar-refractivity contribution is -0.114. The smallest absolute Gasteiger partial charge is 0.257 e. The van der Waals surface area contributed by atoms with Crippen LogP contribution in [0.4, 0.5) is 0 Å². The van der Waals surface area contributed by atoms with Gasteiger partial charge in [0.2, 0.25) is 11.8 Å². The summed E-state index contributed by atoms with van der Waals surface area (Å²) in [7, 11) is 1.67. The largest absolute Gasteiger partial charge is 0.486 e. The Hall–Kier alpha value is -3.65. The molecule has 3 aromatic rings. The number of fused-ring (bicyclic) bond motifs is 1. The highest BCUT2D eigenvalue weighted by atomic mass is 32.2. The Morgan fingerprint density at radius 1 is 1.00 bits per heavy atom. The number of rotatable bonds is 6. The van der Waals surface area contributed by atoms with Gasteiger partial charge in [-0.05, 0) is 53.3 Å². The zero-order valence-electron chi connectivity index (χ0n) is 18.2. The molecule has 1 N–H and O–H groups in total. The average Bonchev–Trinajstić information content (AvgIpc) is 3.41. The van der Waals surface area contributed by atoms with E-state index in [9.17, 15) is 9.00 Å². The van der Waals surface area contributed by atoms with Gasteiger partial charge in [-0.1, -0.05) is 30.3 Å². The summed E-state index contributed by atoms with van der Waals surface area (Å²) in [4.78, 5) is 16.3. The molecule has 0 saturated heterocycles. The Kier molecular flexibility index (Phi) is 5.60. The third kappa shape index (κ3) is 3.98. The fourth-order valence-electron chi connectivity index (χ4n) is 4.29. The predicted molar refractivity (Wildman–Crippen MR) is 125 cm³/mol. The zero-order chi connectivity index (χ0) is 22.9. The van der Waals surface area contributed by atoms with Crippen molar-refractivity contribution >= 4 is 21.8 Å². The molecule has 1 aromatic heterocycles. The van der Waals surface area contributed by atoms with Crippen molar-refractivity contribution in [3.63, 3.8) is 0 Å². The van der Waals surface area contributed by atoms with Crippen LogP contribution in [0.25, 0.3) is 16.0 Å². The minimum absolute atomic E-state index is 0.0777.